The van der Waals surface area contributed by atoms with Crippen molar-refractivity contribution < 1.29 is 14.6 Å². The van der Waals surface area contributed by atoms with Crippen LogP contribution in [0, 0.1) is 0 Å². The van der Waals surface area contributed by atoms with Crippen LogP contribution in [0.15, 0.2) is 65.8 Å². The third kappa shape index (κ3) is 3.77. The number of rotatable bonds is 5. The minimum atomic E-state index is -0.467. The molecule has 3 aromatic carbocycles. The molecular weight excluding hydrogens is 316 g/mol. The van der Waals surface area contributed by atoms with Crippen LogP contribution >= 0.6 is 0 Å². The zero-order valence-corrected chi connectivity index (χ0v) is 13.8. The van der Waals surface area contributed by atoms with Gasteiger partial charge in [-0.3, -0.25) is 4.79 Å². The van der Waals surface area contributed by atoms with Gasteiger partial charge in [0.05, 0.1) is 18.4 Å². The molecule has 0 aliphatic heterocycles. The summed E-state index contributed by atoms with van der Waals surface area (Å²) in [7, 11) is 0. The lowest BCUT2D eigenvalue weighted by molar-refractivity contribution is 0.0952. The molecule has 0 aromatic heterocycles. The summed E-state index contributed by atoms with van der Waals surface area (Å²) in [5.41, 5.74) is 3.44. The summed E-state index contributed by atoms with van der Waals surface area (Å²) in [5.74, 6) is 0.266. The van der Waals surface area contributed by atoms with Crippen LogP contribution in [-0.4, -0.2) is 23.8 Å². The van der Waals surface area contributed by atoms with E-state index < -0.39 is 5.91 Å². The topological polar surface area (TPSA) is 70.9 Å². The standard InChI is InChI=1S/C20H18N2O3/c1-2-25-16-10-7-14(8-11-16)13-21-22-20(24)18-12-9-15-5-3-4-6-17(15)19(18)23/h3-13,23H,2H2,1H3,(H,22,24). The van der Waals surface area contributed by atoms with Crippen molar-refractivity contribution in [3.05, 3.63) is 71.8 Å². The second-order valence-corrected chi connectivity index (χ2v) is 5.38. The van der Waals surface area contributed by atoms with Gasteiger partial charge in [-0.1, -0.05) is 30.3 Å². The predicted octanol–water partition coefficient (Wildman–Crippen LogP) is 3.71. The van der Waals surface area contributed by atoms with Crippen molar-refractivity contribution in [2.24, 2.45) is 5.10 Å². The highest BCUT2D eigenvalue weighted by molar-refractivity contribution is 6.03. The fraction of sp³-hybridized carbons (Fsp3) is 0.100. The van der Waals surface area contributed by atoms with Crippen molar-refractivity contribution >= 4 is 22.9 Å². The minimum absolute atomic E-state index is 0.0492. The molecule has 0 spiro atoms. The molecule has 0 atom stereocenters. The molecule has 2 N–H and O–H groups in total. The van der Waals surface area contributed by atoms with E-state index in [0.29, 0.717) is 12.0 Å². The summed E-state index contributed by atoms with van der Waals surface area (Å²) < 4.78 is 5.37. The summed E-state index contributed by atoms with van der Waals surface area (Å²) in [6, 6.07) is 18.1. The second kappa shape index (κ2) is 7.49. The molecule has 3 rings (SSSR count). The van der Waals surface area contributed by atoms with Gasteiger partial charge >= 0.3 is 0 Å². The van der Waals surface area contributed by atoms with Crippen molar-refractivity contribution in [2.75, 3.05) is 6.61 Å². The van der Waals surface area contributed by atoms with Crippen LogP contribution in [0.3, 0.4) is 0 Å². The van der Waals surface area contributed by atoms with Crippen LogP contribution in [0.5, 0.6) is 11.5 Å². The van der Waals surface area contributed by atoms with E-state index in [0.717, 1.165) is 16.7 Å². The number of phenols is 1. The molecule has 0 heterocycles. The first kappa shape index (κ1) is 16.5. The van der Waals surface area contributed by atoms with Crippen molar-refractivity contribution in [1.29, 1.82) is 0 Å². The Morgan fingerprint density at radius 2 is 1.88 bits per heavy atom. The number of hydrazone groups is 1. The number of hydrogen-bond donors (Lipinski definition) is 2. The lowest BCUT2D eigenvalue weighted by atomic mass is 10.1. The molecule has 0 saturated carbocycles. The van der Waals surface area contributed by atoms with E-state index in [2.05, 4.69) is 10.5 Å². The molecule has 25 heavy (non-hydrogen) atoms. The zero-order chi connectivity index (χ0) is 17.6. The summed E-state index contributed by atoms with van der Waals surface area (Å²) >= 11 is 0. The first-order valence-corrected chi connectivity index (χ1v) is 7.96. The smallest absolute Gasteiger partial charge is 0.275 e. The molecule has 1 amide bonds. The van der Waals surface area contributed by atoms with E-state index in [-0.39, 0.29) is 11.3 Å². The van der Waals surface area contributed by atoms with E-state index >= 15 is 0 Å². The molecule has 0 bridgehead atoms. The Bertz CT molecular complexity index is 918. The number of nitrogens with zero attached hydrogens (tertiary/aromatic N) is 1. The van der Waals surface area contributed by atoms with Gasteiger partial charge in [0.15, 0.2) is 0 Å². The summed E-state index contributed by atoms with van der Waals surface area (Å²) in [4.78, 5) is 12.2. The van der Waals surface area contributed by atoms with E-state index in [1.807, 2.05) is 49.4 Å². The molecule has 126 valence electrons. The Morgan fingerprint density at radius 1 is 1.12 bits per heavy atom. The maximum atomic E-state index is 12.2. The second-order valence-electron chi connectivity index (χ2n) is 5.38. The van der Waals surface area contributed by atoms with E-state index in [4.69, 9.17) is 4.74 Å². The van der Waals surface area contributed by atoms with Crippen LogP contribution in [0.4, 0.5) is 0 Å². The van der Waals surface area contributed by atoms with Crippen LogP contribution in [-0.2, 0) is 0 Å². The number of benzene rings is 3. The highest BCUT2D eigenvalue weighted by Crippen LogP contribution is 2.28. The fourth-order valence-corrected chi connectivity index (χ4v) is 2.48. The zero-order valence-electron chi connectivity index (χ0n) is 13.8. The first-order chi connectivity index (χ1) is 12.2. The molecular formula is C20H18N2O3. The Balaban J connectivity index is 1.71. The SMILES string of the molecule is CCOc1ccc(C=NNC(=O)c2ccc3ccccc3c2O)cc1. The van der Waals surface area contributed by atoms with Gasteiger partial charge in [-0.2, -0.15) is 5.10 Å². The van der Waals surface area contributed by atoms with Crippen molar-refractivity contribution in [2.45, 2.75) is 6.92 Å². The maximum absolute atomic E-state index is 12.2. The summed E-state index contributed by atoms with van der Waals surface area (Å²) in [6.07, 6.45) is 1.53. The van der Waals surface area contributed by atoms with Crippen LogP contribution in [0.25, 0.3) is 10.8 Å². The number of carbonyl (C=O) groups excluding carboxylic acids is 1. The van der Waals surface area contributed by atoms with Crippen LogP contribution < -0.4 is 10.2 Å². The minimum Gasteiger partial charge on any atom is -0.506 e. The van der Waals surface area contributed by atoms with E-state index in [1.165, 1.54) is 6.21 Å². The maximum Gasteiger partial charge on any atom is 0.275 e. The van der Waals surface area contributed by atoms with Crippen molar-refractivity contribution in [1.82, 2.24) is 5.43 Å². The number of aromatic hydroxyl groups is 1. The number of nitrogens with one attached hydrogen (secondary N) is 1. The Labute approximate surface area is 145 Å². The first-order valence-electron chi connectivity index (χ1n) is 7.96. The third-order valence-electron chi connectivity index (χ3n) is 3.72. The quantitative estimate of drug-likeness (QED) is 0.552. The molecule has 0 fully saturated rings. The average molecular weight is 334 g/mol. The highest BCUT2D eigenvalue weighted by Gasteiger charge is 2.12. The number of phenolic OH excluding ortho intramolecular Hbond substituents is 1. The number of fused-ring (bicyclic) bond motifs is 1. The largest absolute Gasteiger partial charge is 0.506 e. The van der Waals surface area contributed by atoms with Gasteiger partial charge in [-0.25, -0.2) is 5.43 Å². The number of ether oxygens (including phenoxy) is 1. The third-order valence-corrected chi connectivity index (χ3v) is 3.72. The molecule has 5 heteroatoms. The normalized spacial score (nSPS) is 10.9. The van der Waals surface area contributed by atoms with Crippen LogP contribution in [0.1, 0.15) is 22.8 Å². The van der Waals surface area contributed by atoms with E-state index in [1.54, 1.807) is 18.2 Å². The van der Waals surface area contributed by atoms with Gasteiger partial charge in [-0.05, 0) is 48.2 Å². The van der Waals surface area contributed by atoms with Gasteiger partial charge in [0.25, 0.3) is 5.91 Å². The monoisotopic (exact) mass is 334 g/mol. The van der Waals surface area contributed by atoms with Gasteiger partial charge in [0.1, 0.15) is 11.5 Å². The molecule has 0 saturated heterocycles. The number of hydrogen-bond acceptors (Lipinski definition) is 4. The molecule has 0 unspecified atom stereocenters. The molecule has 0 aliphatic rings. The Kier molecular flexibility index (Phi) is 4.95. The molecule has 3 aromatic rings. The molecule has 0 aliphatic carbocycles. The van der Waals surface area contributed by atoms with E-state index in [9.17, 15) is 9.90 Å². The molecule has 5 nitrogen and oxygen atoms in total. The van der Waals surface area contributed by atoms with Gasteiger partial charge in [-0.15, -0.1) is 0 Å². The lowest BCUT2D eigenvalue weighted by Crippen LogP contribution is -2.17. The fourth-order valence-electron chi connectivity index (χ4n) is 2.48. The van der Waals surface area contributed by atoms with Gasteiger partial charge in [0, 0.05) is 5.39 Å². The predicted molar refractivity (Wildman–Crippen MR) is 98.3 cm³/mol. The molecule has 0 radical (unpaired) electrons. The van der Waals surface area contributed by atoms with Gasteiger partial charge in [0.2, 0.25) is 0 Å². The number of amides is 1. The summed E-state index contributed by atoms with van der Waals surface area (Å²) in [5, 5.41) is 15.7. The van der Waals surface area contributed by atoms with Crippen molar-refractivity contribution in [3.8, 4) is 11.5 Å². The highest BCUT2D eigenvalue weighted by atomic mass is 16.5. The Morgan fingerprint density at radius 3 is 2.64 bits per heavy atom. The Hall–Kier alpha value is -3.34. The van der Waals surface area contributed by atoms with Gasteiger partial charge < -0.3 is 9.84 Å². The van der Waals surface area contributed by atoms with Crippen molar-refractivity contribution in [3.63, 3.8) is 0 Å². The van der Waals surface area contributed by atoms with Crippen LogP contribution in [0.2, 0.25) is 0 Å². The lowest BCUT2D eigenvalue weighted by Gasteiger charge is -2.06. The average Bonchev–Trinajstić information content (AvgIpc) is 2.64. The number of carbonyl (C=O) groups is 1. The summed E-state index contributed by atoms with van der Waals surface area (Å²) in [6.45, 7) is 2.53.